The second-order valence-electron chi connectivity index (χ2n) is 17.1. The van der Waals surface area contributed by atoms with Gasteiger partial charge in [-0.15, -0.1) is 0 Å². The summed E-state index contributed by atoms with van der Waals surface area (Å²) in [6.45, 7) is 1.77. The molecule has 2 atom stereocenters. The van der Waals surface area contributed by atoms with Crippen LogP contribution in [-0.2, 0) is 63.2 Å². The fourth-order valence-electron chi connectivity index (χ4n) is 7.51. The van der Waals surface area contributed by atoms with Crippen molar-refractivity contribution >= 4 is 34.7 Å². The molecule has 0 aliphatic carbocycles. The van der Waals surface area contributed by atoms with Gasteiger partial charge in [-0.3, -0.25) is 9.13 Å². The van der Waals surface area contributed by atoms with Crippen molar-refractivity contribution in [1.29, 1.82) is 0 Å². The summed E-state index contributed by atoms with van der Waals surface area (Å²) in [5, 5.41) is 7.19. The highest BCUT2D eigenvalue weighted by molar-refractivity contribution is 7.80. The van der Waals surface area contributed by atoms with Crippen LogP contribution < -0.4 is 16.4 Å². The Labute approximate surface area is 435 Å². The Kier molecular flexibility index (Phi) is 20.9. The molecule has 406 valence electrons. The third-order valence-corrected chi connectivity index (χ3v) is 12.0. The molecule has 2 fully saturated rings. The minimum Gasteiger partial charge on any atom is -0.381 e. The monoisotopic (exact) mass is 1100 g/mol. The second-order valence-corrected chi connectivity index (χ2v) is 17.9. The summed E-state index contributed by atoms with van der Waals surface area (Å²) in [7, 11) is 3.45. The zero-order valence-corrected chi connectivity index (χ0v) is 41.8. The van der Waals surface area contributed by atoms with E-state index in [2.05, 4.69) is 20.6 Å². The van der Waals surface area contributed by atoms with Crippen LogP contribution in [0, 0.1) is 0 Å². The number of alkyl halides is 12. The maximum Gasteiger partial charge on any atom is 0.416 e. The quantitative estimate of drug-likeness (QED) is 0.0803. The van der Waals surface area contributed by atoms with Crippen molar-refractivity contribution in [3.05, 3.63) is 179 Å². The zero-order chi connectivity index (χ0) is 55.1. The summed E-state index contributed by atoms with van der Waals surface area (Å²) in [6.07, 6.45) is -6.78. The highest BCUT2D eigenvalue weighted by Crippen LogP contribution is 2.38. The van der Waals surface area contributed by atoms with E-state index in [0.29, 0.717) is 47.6 Å². The summed E-state index contributed by atoms with van der Waals surface area (Å²) < 4.78 is 175. The van der Waals surface area contributed by atoms with Crippen molar-refractivity contribution in [3.63, 3.8) is 0 Å². The molecule has 11 nitrogen and oxygen atoms in total. The van der Waals surface area contributed by atoms with E-state index in [0.717, 1.165) is 24.3 Å². The molecule has 0 bridgehead atoms. The van der Waals surface area contributed by atoms with Gasteiger partial charge in [-0.25, -0.2) is 9.97 Å². The average Bonchev–Trinajstić information content (AvgIpc) is 4.23. The van der Waals surface area contributed by atoms with E-state index in [1.807, 2.05) is 30.3 Å². The van der Waals surface area contributed by atoms with Crippen LogP contribution in [-0.4, -0.2) is 87.8 Å². The van der Waals surface area contributed by atoms with Gasteiger partial charge in [0, 0.05) is 58.1 Å². The molecular formula is C50H52F12N8O3S2. The SMILES string of the molecule is C1CCOC1.CN1C[C@@](COCc2cc(C(F)(F)F)cc(C(F)(F)F)c2)(c2ccccc2)NC1=S.CNC[C@@](N)(COCc1cc(C(F)(F)F)cc(C(F)(F)F)c1)c1ccccc1.S=C(n1ccnc1)n1ccnc1. The molecule has 25 heteroatoms. The van der Waals surface area contributed by atoms with Gasteiger partial charge in [0.25, 0.3) is 0 Å². The highest BCUT2D eigenvalue weighted by atomic mass is 32.1. The van der Waals surface area contributed by atoms with Crippen LogP contribution in [0.2, 0.25) is 0 Å². The largest absolute Gasteiger partial charge is 0.416 e. The maximum atomic E-state index is 13.0. The number of ether oxygens (including phenoxy) is 3. The van der Waals surface area contributed by atoms with E-state index in [9.17, 15) is 52.7 Å². The molecule has 0 unspecified atom stereocenters. The molecule has 0 spiro atoms. The summed E-state index contributed by atoms with van der Waals surface area (Å²) >= 11 is 10.4. The van der Waals surface area contributed by atoms with Crippen LogP contribution in [0.1, 0.15) is 57.3 Å². The summed E-state index contributed by atoms with van der Waals surface area (Å²) in [4.78, 5) is 9.58. The minimum absolute atomic E-state index is 0.000903. The van der Waals surface area contributed by atoms with Gasteiger partial charge < -0.3 is 35.5 Å². The van der Waals surface area contributed by atoms with E-state index < -0.39 is 71.3 Å². The molecule has 0 saturated carbocycles. The predicted octanol–water partition coefficient (Wildman–Crippen LogP) is 10.8. The Morgan fingerprint density at radius 1 is 0.680 bits per heavy atom. The Morgan fingerprint density at radius 2 is 1.12 bits per heavy atom. The number of thiocarbonyl (C=S) groups is 2. The molecule has 2 saturated heterocycles. The Balaban J connectivity index is 0.000000211. The van der Waals surface area contributed by atoms with Gasteiger partial charge in [0.05, 0.1) is 54.2 Å². The molecule has 0 radical (unpaired) electrons. The number of nitrogens with zero attached hydrogens (tertiary/aromatic N) is 5. The summed E-state index contributed by atoms with van der Waals surface area (Å²) in [5.41, 5.74) is 0.222. The van der Waals surface area contributed by atoms with Gasteiger partial charge in [0.2, 0.25) is 0 Å². The molecule has 4 heterocycles. The van der Waals surface area contributed by atoms with E-state index in [1.54, 1.807) is 95.9 Å². The molecule has 2 aliphatic rings. The predicted molar refractivity (Wildman–Crippen MR) is 263 cm³/mol. The van der Waals surface area contributed by atoms with Gasteiger partial charge in [0.15, 0.2) is 10.2 Å². The van der Waals surface area contributed by atoms with Crippen LogP contribution in [0.15, 0.2) is 135 Å². The van der Waals surface area contributed by atoms with Crippen LogP contribution in [0.4, 0.5) is 52.7 Å². The van der Waals surface area contributed by atoms with Crippen molar-refractivity contribution in [3.8, 4) is 0 Å². The first-order chi connectivity index (χ1) is 35.2. The van der Waals surface area contributed by atoms with Crippen molar-refractivity contribution in [2.24, 2.45) is 5.73 Å². The van der Waals surface area contributed by atoms with Crippen molar-refractivity contribution < 1.29 is 66.9 Å². The van der Waals surface area contributed by atoms with Crippen LogP contribution >= 0.6 is 24.4 Å². The Morgan fingerprint density at radius 3 is 1.48 bits per heavy atom. The van der Waals surface area contributed by atoms with Crippen molar-refractivity contribution in [2.45, 2.75) is 61.8 Å². The molecular weight excluding hydrogens is 1050 g/mol. The molecule has 6 aromatic rings. The maximum absolute atomic E-state index is 13.0. The first kappa shape index (κ1) is 59.9. The third kappa shape index (κ3) is 17.8. The fourth-order valence-corrected chi connectivity index (χ4v) is 7.99. The van der Waals surface area contributed by atoms with E-state index in [4.69, 9.17) is 44.4 Å². The molecule has 4 aromatic carbocycles. The van der Waals surface area contributed by atoms with Crippen LogP contribution in [0.25, 0.3) is 0 Å². The van der Waals surface area contributed by atoms with Crippen molar-refractivity contribution in [1.82, 2.24) is 34.6 Å². The topological polar surface area (TPSA) is 117 Å². The zero-order valence-electron chi connectivity index (χ0n) is 40.2. The first-order valence-electron chi connectivity index (χ1n) is 22.6. The molecule has 2 aromatic heterocycles. The summed E-state index contributed by atoms with van der Waals surface area (Å²) in [6, 6.07) is 20.9. The Bertz CT molecular complexity index is 2600. The minimum atomic E-state index is -4.90. The Hall–Kier alpha value is -5.96. The van der Waals surface area contributed by atoms with Gasteiger partial charge >= 0.3 is 24.7 Å². The van der Waals surface area contributed by atoms with E-state index >= 15 is 0 Å². The number of aromatic nitrogens is 4. The number of rotatable bonds is 12. The average molecular weight is 1110 g/mol. The lowest BCUT2D eigenvalue weighted by atomic mass is 9.91. The number of halogens is 12. The van der Waals surface area contributed by atoms with E-state index in [1.165, 1.54) is 12.8 Å². The lowest BCUT2D eigenvalue weighted by molar-refractivity contribution is -0.144. The van der Waals surface area contributed by atoms with E-state index in [-0.39, 0.29) is 36.5 Å². The van der Waals surface area contributed by atoms with Crippen LogP contribution in [0.5, 0.6) is 0 Å². The highest BCUT2D eigenvalue weighted by Gasteiger charge is 2.42. The third-order valence-electron chi connectivity index (χ3n) is 11.2. The molecule has 8 rings (SSSR count). The first-order valence-corrected chi connectivity index (χ1v) is 23.4. The molecule has 0 amide bonds. The van der Waals surface area contributed by atoms with Gasteiger partial charge in [-0.1, -0.05) is 60.7 Å². The number of hydrogen-bond donors (Lipinski definition) is 3. The lowest BCUT2D eigenvalue weighted by Crippen LogP contribution is -2.48. The summed E-state index contributed by atoms with van der Waals surface area (Å²) in [5.74, 6) is 0. The second kappa shape index (κ2) is 26.2. The molecule has 4 N–H and O–H groups in total. The standard InChI is InChI=1S/C20H18F6N2OS.C19H20F6N2O.C7H6N4S.C4H8O/c1-28-11-18(27-17(28)30,14-5-3-2-4-6-14)12-29-10-13-7-15(19(21,22)23)9-16(8-13)20(24,25)26;1-27-11-17(26,14-5-3-2-4-6-14)12-28-10-13-7-15(18(20,21)22)9-16(8-13)19(23,24)25;12-7(10-3-1-8-5-10)11-4-2-9-6-11;1-2-4-5-3-1/h2-9H,10-12H2,1H3,(H,27,30);2-9,27H,10-12,26H2,1H3;1-6H;1-4H2/t18-;17-;;/m11../s1. The van der Waals surface area contributed by atoms with Gasteiger partial charge in [-0.2, -0.15) is 52.7 Å². The van der Waals surface area contributed by atoms with Crippen LogP contribution in [0.3, 0.4) is 0 Å². The number of imidazole rings is 2. The molecule has 75 heavy (non-hydrogen) atoms. The fraction of sp³-hybridized carbons (Fsp3) is 0.360. The number of benzene rings is 4. The number of likely N-dealkylation sites (N-methyl/N-ethyl adjacent to an activating group) is 2. The normalized spacial score (nSPS) is 16.6. The smallest absolute Gasteiger partial charge is 0.381 e. The van der Waals surface area contributed by atoms with Crippen molar-refractivity contribution in [2.75, 3.05) is 53.6 Å². The number of nitrogens with one attached hydrogen (secondary N) is 2. The van der Waals surface area contributed by atoms with Gasteiger partial charge in [0.1, 0.15) is 18.2 Å². The number of nitrogens with two attached hydrogens (primary N) is 1. The molecule has 2 aliphatic heterocycles. The number of hydrogen-bond acceptors (Lipinski definition) is 9. The van der Waals surface area contributed by atoms with Gasteiger partial charge in [-0.05, 0) is 103 Å². The lowest BCUT2D eigenvalue weighted by Gasteiger charge is -2.30.